The number of hydrogen-bond acceptors (Lipinski definition) is 3. The first-order valence-corrected chi connectivity index (χ1v) is 6.34. The Balaban J connectivity index is 2.35. The third kappa shape index (κ3) is 4.00. The van der Waals surface area contributed by atoms with E-state index in [0.717, 1.165) is 32.4 Å². The second-order valence-electron chi connectivity index (χ2n) is 4.70. The minimum absolute atomic E-state index is 0.0648. The van der Waals surface area contributed by atoms with Gasteiger partial charge in [0.2, 0.25) is 11.8 Å². The van der Waals surface area contributed by atoms with Gasteiger partial charge in [0.25, 0.3) is 0 Å². The minimum atomic E-state index is -0.231. The Morgan fingerprint density at radius 2 is 2.00 bits per heavy atom. The van der Waals surface area contributed by atoms with E-state index in [1.165, 1.54) is 6.92 Å². The molecule has 5 heteroatoms. The number of hydrogen-bond donors (Lipinski definition) is 3. The van der Waals surface area contributed by atoms with Gasteiger partial charge in [-0.05, 0) is 19.4 Å². The zero-order valence-corrected chi connectivity index (χ0v) is 10.8. The summed E-state index contributed by atoms with van der Waals surface area (Å²) >= 11 is 0. The van der Waals surface area contributed by atoms with Crippen LogP contribution in [0.15, 0.2) is 0 Å². The minimum Gasteiger partial charge on any atom is -0.355 e. The monoisotopic (exact) mass is 241 g/mol. The highest BCUT2D eigenvalue weighted by molar-refractivity contribution is 5.83. The molecule has 0 bridgehead atoms. The van der Waals surface area contributed by atoms with Gasteiger partial charge in [0.15, 0.2) is 0 Å². The fraction of sp³-hybridized carbons (Fsp3) is 0.833. The normalized spacial score (nSPS) is 23.4. The number of carbonyl (C=O) groups excluding carboxylic acids is 2. The third-order valence-electron chi connectivity index (χ3n) is 3.24. The summed E-state index contributed by atoms with van der Waals surface area (Å²) < 4.78 is 0. The van der Waals surface area contributed by atoms with Crippen LogP contribution in [0.25, 0.3) is 0 Å². The first-order chi connectivity index (χ1) is 8.10. The average Bonchev–Trinajstić information content (AvgIpc) is 2.74. The zero-order chi connectivity index (χ0) is 12.7. The van der Waals surface area contributed by atoms with Gasteiger partial charge >= 0.3 is 0 Å². The molecule has 0 radical (unpaired) electrons. The molecule has 0 aliphatic carbocycles. The van der Waals surface area contributed by atoms with Crippen molar-refractivity contribution in [3.63, 3.8) is 0 Å². The quantitative estimate of drug-likeness (QED) is 0.574. The fourth-order valence-corrected chi connectivity index (χ4v) is 2.35. The molecule has 3 N–H and O–H groups in total. The highest BCUT2D eigenvalue weighted by Gasteiger charge is 2.39. The van der Waals surface area contributed by atoms with Crippen LogP contribution in [0.2, 0.25) is 0 Å². The topological polar surface area (TPSA) is 70.2 Å². The molecule has 0 aromatic heterocycles. The summed E-state index contributed by atoms with van der Waals surface area (Å²) in [7, 11) is 0. The summed E-state index contributed by atoms with van der Waals surface area (Å²) in [6, 6.07) is 0. The Kier molecular flexibility index (Phi) is 5.41. The van der Waals surface area contributed by atoms with Crippen molar-refractivity contribution >= 4 is 11.8 Å². The van der Waals surface area contributed by atoms with Crippen LogP contribution in [0.3, 0.4) is 0 Å². The van der Waals surface area contributed by atoms with Crippen LogP contribution in [0, 0.1) is 5.41 Å². The first-order valence-electron chi connectivity index (χ1n) is 6.34. The van der Waals surface area contributed by atoms with Crippen LogP contribution >= 0.6 is 0 Å². The number of carbonyl (C=O) groups is 2. The maximum absolute atomic E-state index is 12.1. The molecule has 1 fully saturated rings. The van der Waals surface area contributed by atoms with Crippen LogP contribution in [0.5, 0.6) is 0 Å². The van der Waals surface area contributed by atoms with Crippen molar-refractivity contribution in [3.05, 3.63) is 0 Å². The molecule has 5 nitrogen and oxygen atoms in total. The van der Waals surface area contributed by atoms with Gasteiger partial charge in [0, 0.05) is 26.6 Å². The van der Waals surface area contributed by atoms with Gasteiger partial charge in [-0.1, -0.05) is 13.3 Å². The van der Waals surface area contributed by atoms with Gasteiger partial charge in [-0.2, -0.15) is 0 Å². The Morgan fingerprint density at radius 1 is 1.29 bits per heavy atom. The highest BCUT2D eigenvalue weighted by atomic mass is 16.2. The van der Waals surface area contributed by atoms with Gasteiger partial charge in [0.05, 0.1) is 5.41 Å². The second kappa shape index (κ2) is 6.59. The second-order valence-corrected chi connectivity index (χ2v) is 4.70. The van der Waals surface area contributed by atoms with Crippen molar-refractivity contribution in [1.29, 1.82) is 0 Å². The molecule has 17 heavy (non-hydrogen) atoms. The lowest BCUT2D eigenvalue weighted by Crippen LogP contribution is -2.44. The molecule has 0 saturated carbocycles. The summed E-state index contributed by atoms with van der Waals surface area (Å²) in [5.41, 5.74) is -0.231. The molecular formula is C12H23N3O2. The molecule has 1 aliphatic rings. The van der Waals surface area contributed by atoms with Crippen LogP contribution in [-0.4, -0.2) is 38.0 Å². The van der Waals surface area contributed by atoms with Crippen LogP contribution < -0.4 is 16.0 Å². The molecule has 1 rings (SSSR count). The van der Waals surface area contributed by atoms with Crippen molar-refractivity contribution in [1.82, 2.24) is 16.0 Å². The molecule has 0 aromatic carbocycles. The molecule has 0 aromatic rings. The Morgan fingerprint density at radius 3 is 2.53 bits per heavy atom. The van der Waals surface area contributed by atoms with Crippen molar-refractivity contribution in [2.45, 2.75) is 33.1 Å². The molecule has 2 amide bonds. The average molecular weight is 241 g/mol. The third-order valence-corrected chi connectivity index (χ3v) is 3.24. The van der Waals surface area contributed by atoms with Crippen molar-refractivity contribution < 1.29 is 9.59 Å². The lowest BCUT2D eigenvalue weighted by molar-refractivity contribution is -0.130. The maximum atomic E-state index is 12.1. The molecule has 1 unspecified atom stereocenters. The van der Waals surface area contributed by atoms with Crippen molar-refractivity contribution in [2.24, 2.45) is 5.41 Å². The smallest absolute Gasteiger partial charge is 0.227 e. The Hall–Kier alpha value is -1.10. The lowest BCUT2D eigenvalue weighted by atomic mass is 9.81. The molecular weight excluding hydrogens is 218 g/mol. The molecule has 1 heterocycles. The largest absolute Gasteiger partial charge is 0.355 e. The van der Waals surface area contributed by atoms with E-state index in [-0.39, 0.29) is 17.2 Å². The van der Waals surface area contributed by atoms with Gasteiger partial charge in [-0.15, -0.1) is 0 Å². The molecule has 1 saturated heterocycles. The van der Waals surface area contributed by atoms with E-state index in [1.54, 1.807) is 0 Å². The van der Waals surface area contributed by atoms with Gasteiger partial charge in [-0.3, -0.25) is 9.59 Å². The fourth-order valence-electron chi connectivity index (χ4n) is 2.35. The molecule has 1 aliphatic heterocycles. The first kappa shape index (κ1) is 14.0. The standard InChI is InChI=1S/C12H23N3O2/c1-3-4-12(5-6-13-9-12)11(17)15-8-7-14-10(2)16/h13H,3-9H2,1-2H3,(H,14,16)(H,15,17). The SMILES string of the molecule is CCCC1(C(=O)NCCNC(C)=O)CCNC1. The van der Waals surface area contributed by atoms with Gasteiger partial charge in [0.1, 0.15) is 0 Å². The van der Waals surface area contributed by atoms with Gasteiger partial charge in [-0.25, -0.2) is 0 Å². The van der Waals surface area contributed by atoms with E-state index in [9.17, 15) is 9.59 Å². The van der Waals surface area contributed by atoms with Gasteiger partial charge < -0.3 is 16.0 Å². The zero-order valence-electron chi connectivity index (χ0n) is 10.8. The molecule has 0 spiro atoms. The summed E-state index contributed by atoms with van der Waals surface area (Å²) in [5.74, 6) is 0.0553. The summed E-state index contributed by atoms with van der Waals surface area (Å²) in [6.45, 7) is 6.26. The van der Waals surface area contributed by atoms with Crippen molar-refractivity contribution in [3.8, 4) is 0 Å². The predicted octanol–water partition coefficient (Wildman–Crippen LogP) is 0.0185. The summed E-state index contributed by atoms with van der Waals surface area (Å²) in [5, 5.41) is 8.84. The predicted molar refractivity (Wildman–Crippen MR) is 66.5 cm³/mol. The van der Waals surface area contributed by atoms with E-state index in [1.807, 2.05) is 0 Å². The number of amides is 2. The Bertz CT molecular complexity index is 273. The summed E-state index contributed by atoms with van der Waals surface area (Å²) in [6.07, 6.45) is 2.85. The maximum Gasteiger partial charge on any atom is 0.227 e. The lowest BCUT2D eigenvalue weighted by Gasteiger charge is -2.26. The number of rotatable bonds is 6. The number of nitrogens with one attached hydrogen (secondary N) is 3. The van der Waals surface area contributed by atoms with E-state index >= 15 is 0 Å². The van der Waals surface area contributed by atoms with E-state index in [4.69, 9.17) is 0 Å². The van der Waals surface area contributed by atoms with Crippen LogP contribution in [-0.2, 0) is 9.59 Å². The molecule has 98 valence electrons. The van der Waals surface area contributed by atoms with E-state index in [0.29, 0.717) is 13.1 Å². The van der Waals surface area contributed by atoms with E-state index in [2.05, 4.69) is 22.9 Å². The Labute approximate surface area is 103 Å². The molecule has 1 atom stereocenters. The van der Waals surface area contributed by atoms with Crippen molar-refractivity contribution in [2.75, 3.05) is 26.2 Å². The summed E-state index contributed by atoms with van der Waals surface area (Å²) in [4.78, 5) is 22.8. The van der Waals surface area contributed by atoms with Crippen LogP contribution in [0.4, 0.5) is 0 Å². The highest BCUT2D eigenvalue weighted by Crippen LogP contribution is 2.31. The van der Waals surface area contributed by atoms with Crippen LogP contribution in [0.1, 0.15) is 33.1 Å². The van der Waals surface area contributed by atoms with E-state index < -0.39 is 0 Å².